The van der Waals surface area contributed by atoms with Crippen LogP contribution in [0, 0.1) is 12.7 Å². The van der Waals surface area contributed by atoms with Gasteiger partial charge in [0.15, 0.2) is 0 Å². The fourth-order valence-electron chi connectivity index (χ4n) is 3.92. The van der Waals surface area contributed by atoms with Crippen LogP contribution in [0.4, 0.5) is 4.39 Å². The van der Waals surface area contributed by atoms with Gasteiger partial charge in [0.2, 0.25) is 11.8 Å². The van der Waals surface area contributed by atoms with E-state index < -0.39 is 6.04 Å². The number of amides is 2. The zero-order valence-corrected chi connectivity index (χ0v) is 22.1. The van der Waals surface area contributed by atoms with E-state index in [4.69, 9.17) is 0 Å². The number of thioether (sulfide) groups is 1. The summed E-state index contributed by atoms with van der Waals surface area (Å²) >= 11 is 1.47. The molecule has 0 aliphatic heterocycles. The average molecular weight is 507 g/mol. The number of benzene rings is 3. The molecule has 0 saturated carbocycles. The van der Waals surface area contributed by atoms with Crippen LogP contribution in [0.25, 0.3) is 0 Å². The summed E-state index contributed by atoms with van der Waals surface area (Å²) in [5.74, 6) is 0.305. The van der Waals surface area contributed by atoms with E-state index in [1.54, 1.807) is 17.0 Å². The summed E-state index contributed by atoms with van der Waals surface area (Å²) in [6.45, 7) is 6.37. The Kier molecular flexibility index (Phi) is 10.6. The summed E-state index contributed by atoms with van der Waals surface area (Å²) < 4.78 is 13.2. The van der Waals surface area contributed by atoms with Crippen LogP contribution in [0.3, 0.4) is 0 Å². The third-order valence-corrected chi connectivity index (χ3v) is 7.10. The summed E-state index contributed by atoms with van der Waals surface area (Å²) in [7, 11) is 0. The van der Waals surface area contributed by atoms with Crippen LogP contribution in [0.2, 0.25) is 0 Å². The van der Waals surface area contributed by atoms with Crippen LogP contribution in [-0.4, -0.2) is 34.6 Å². The molecule has 0 aliphatic rings. The number of rotatable bonds is 12. The van der Waals surface area contributed by atoms with Gasteiger partial charge in [-0.15, -0.1) is 11.8 Å². The zero-order valence-electron chi connectivity index (χ0n) is 21.2. The Balaban J connectivity index is 1.85. The second kappa shape index (κ2) is 13.8. The minimum Gasteiger partial charge on any atom is -0.352 e. The van der Waals surface area contributed by atoms with E-state index in [1.165, 1.54) is 23.9 Å². The molecule has 0 unspecified atom stereocenters. The van der Waals surface area contributed by atoms with E-state index in [-0.39, 0.29) is 29.4 Å². The van der Waals surface area contributed by atoms with E-state index in [2.05, 4.69) is 11.4 Å². The smallest absolute Gasteiger partial charge is 0.243 e. The van der Waals surface area contributed by atoms with Gasteiger partial charge in [0.05, 0.1) is 5.75 Å². The lowest BCUT2D eigenvalue weighted by Gasteiger charge is -2.32. The molecule has 4 nitrogen and oxygen atoms in total. The van der Waals surface area contributed by atoms with Gasteiger partial charge in [-0.1, -0.05) is 79.2 Å². The van der Waals surface area contributed by atoms with Gasteiger partial charge in [-0.05, 0) is 49.1 Å². The summed E-state index contributed by atoms with van der Waals surface area (Å²) in [5, 5.41) is 3.09. The second-order valence-corrected chi connectivity index (χ2v) is 10.1. The normalized spacial score (nSPS) is 12.6. The lowest BCUT2D eigenvalue weighted by molar-refractivity contribution is -0.139. The fourth-order valence-corrected chi connectivity index (χ4v) is 4.79. The summed E-state index contributed by atoms with van der Waals surface area (Å²) in [6, 6.07) is 23.5. The van der Waals surface area contributed by atoms with Crippen LogP contribution in [0.5, 0.6) is 0 Å². The Morgan fingerprint density at radius 2 is 1.64 bits per heavy atom. The third kappa shape index (κ3) is 8.52. The molecule has 0 heterocycles. The van der Waals surface area contributed by atoms with Crippen LogP contribution in [-0.2, 0) is 28.3 Å². The highest BCUT2D eigenvalue weighted by molar-refractivity contribution is 7.99. The van der Waals surface area contributed by atoms with Crippen molar-refractivity contribution in [2.45, 2.75) is 58.0 Å². The van der Waals surface area contributed by atoms with Crippen molar-refractivity contribution in [2.75, 3.05) is 5.75 Å². The molecule has 2 atom stereocenters. The number of halogens is 1. The minimum atomic E-state index is -0.638. The Bertz CT molecular complexity index is 1120. The molecule has 0 aromatic heterocycles. The van der Waals surface area contributed by atoms with Gasteiger partial charge in [-0.3, -0.25) is 9.59 Å². The van der Waals surface area contributed by atoms with Crippen LogP contribution in [0.1, 0.15) is 42.5 Å². The molecule has 0 spiro atoms. The van der Waals surface area contributed by atoms with Crippen molar-refractivity contribution in [1.82, 2.24) is 10.2 Å². The van der Waals surface area contributed by atoms with Crippen LogP contribution in [0.15, 0.2) is 78.9 Å². The maximum atomic E-state index is 13.6. The molecule has 3 aromatic carbocycles. The van der Waals surface area contributed by atoms with Gasteiger partial charge in [0.1, 0.15) is 11.9 Å². The van der Waals surface area contributed by atoms with Gasteiger partial charge in [0, 0.05) is 24.8 Å². The summed E-state index contributed by atoms with van der Waals surface area (Å²) in [6.07, 6.45) is 1.24. The molecule has 0 saturated heterocycles. The molecule has 36 heavy (non-hydrogen) atoms. The van der Waals surface area contributed by atoms with Gasteiger partial charge < -0.3 is 10.2 Å². The van der Waals surface area contributed by atoms with E-state index in [1.807, 2.05) is 69.3 Å². The van der Waals surface area contributed by atoms with Gasteiger partial charge >= 0.3 is 0 Å². The maximum Gasteiger partial charge on any atom is 0.243 e. The molecule has 1 N–H and O–H groups in total. The molecule has 190 valence electrons. The average Bonchev–Trinajstić information content (AvgIpc) is 2.87. The lowest BCUT2D eigenvalue weighted by atomic mass is 10.0. The predicted octanol–water partition coefficient (Wildman–Crippen LogP) is 5.92. The van der Waals surface area contributed by atoms with Crippen LogP contribution >= 0.6 is 11.8 Å². The Morgan fingerprint density at radius 1 is 0.944 bits per heavy atom. The topological polar surface area (TPSA) is 49.4 Å². The largest absolute Gasteiger partial charge is 0.352 e. The first-order chi connectivity index (χ1) is 17.4. The van der Waals surface area contributed by atoms with Crippen molar-refractivity contribution in [3.05, 3.63) is 107 Å². The molecule has 3 aromatic rings. The van der Waals surface area contributed by atoms with Crippen LogP contribution < -0.4 is 5.32 Å². The van der Waals surface area contributed by atoms with E-state index in [9.17, 15) is 14.0 Å². The van der Waals surface area contributed by atoms with E-state index in [0.717, 1.165) is 28.7 Å². The van der Waals surface area contributed by atoms with Gasteiger partial charge in [-0.25, -0.2) is 4.39 Å². The van der Waals surface area contributed by atoms with Crippen molar-refractivity contribution >= 4 is 23.6 Å². The third-order valence-electron chi connectivity index (χ3n) is 6.12. The molecule has 0 fully saturated rings. The first kappa shape index (κ1) is 27.5. The highest BCUT2D eigenvalue weighted by atomic mass is 32.2. The second-order valence-electron chi connectivity index (χ2n) is 9.15. The molecule has 0 radical (unpaired) electrons. The first-order valence-electron chi connectivity index (χ1n) is 12.4. The molecular formula is C30H35FN2O2S. The van der Waals surface area contributed by atoms with Crippen molar-refractivity contribution < 1.29 is 14.0 Å². The SMILES string of the molecule is CC[C@H](C)NC(=O)[C@@H](Cc1ccccc1)N(Cc1cccc(C)c1)C(=O)CSCc1ccc(F)cc1. The highest BCUT2D eigenvalue weighted by Crippen LogP contribution is 2.19. The van der Waals surface area contributed by atoms with Crippen molar-refractivity contribution in [3.63, 3.8) is 0 Å². The summed E-state index contributed by atoms with van der Waals surface area (Å²) in [5.41, 5.74) is 4.05. The van der Waals surface area contributed by atoms with Crippen molar-refractivity contribution in [2.24, 2.45) is 0 Å². The molecular weight excluding hydrogens is 471 g/mol. The number of carbonyl (C=O) groups is 2. The standard InChI is InChI=1S/C30H35FN2O2S/c1-4-23(3)32-30(35)28(18-24-10-6-5-7-11-24)33(19-26-12-8-9-22(2)17-26)29(34)21-36-20-25-13-15-27(31)16-14-25/h5-17,23,28H,4,18-21H2,1-3H3,(H,32,35)/t23-,28+/m0/s1. The van der Waals surface area contributed by atoms with Crippen molar-refractivity contribution in [1.29, 1.82) is 0 Å². The minimum absolute atomic E-state index is 0.0135. The fraction of sp³-hybridized carbons (Fsp3) is 0.333. The molecule has 0 aliphatic carbocycles. The number of hydrogen-bond donors (Lipinski definition) is 1. The number of hydrogen-bond acceptors (Lipinski definition) is 3. The Labute approximate surface area is 218 Å². The van der Waals surface area contributed by atoms with E-state index >= 15 is 0 Å². The van der Waals surface area contributed by atoms with E-state index in [0.29, 0.717) is 18.7 Å². The number of nitrogens with zero attached hydrogens (tertiary/aromatic N) is 1. The number of nitrogens with one attached hydrogen (secondary N) is 1. The number of carbonyl (C=O) groups excluding carboxylic acids is 2. The molecule has 3 rings (SSSR count). The van der Waals surface area contributed by atoms with Gasteiger partial charge in [-0.2, -0.15) is 0 Å². The van der Waals surface area contributed by atoms with Gasteiger partial charge in [0.25, 0.3) is 0 Å². The predicted molar refractivity (Wildman–Crippen MR) is 146 cm³/mol. The summed E-state index contributed by atoms with van der Waals surface area (Å²) in [4.78, 5) is 28.9. The lowest BCUT2D eigenvalue weighted by Crippen LogP contribution is -2.52. The Morgan fingerprint density at radius 3 is 2.31 bits per heavy atom. The molecule has 0 bridgehead atoms. The first-order valence-corrected chi connectivity index (χ1v) is 13.5. The Hall–Kier alpha value is -3.12. The van der Waals surface area contributed by atoms with Crippen molar-refractivity contribution in [3.8, 4) is 0 Å². The monoisotopic (exact) mass is 506 g/mol. The molecule has 2 amide bonds. The maximum absolute atomic E-state index is 13.6. The zero-order chi connectivity index (χ0) is 25.9. The quantitative estimate of drug-likeness (QED) is 0.332. The number of aryl methyl sites for hydroxylation is 1. The molecule has 6 heteroatoms. The highest BCUT2D eigenvalue weighted by Gasteiger charge is 2.30.